The summed E-state index contributed by atoms with van der Waals surface area (Å²) < 4.78 is 5.17. The largest absolute Gasteiger partial charge is 0.495 e. The van der Waals surface area contributed by atoms with Gasteiger partial charge in [0.05, 0.1) is 18.4 Å². The van der Waals surface area contributed by atoms with E-state index in [2.05, 4.69) is 0 Å². The number of nitrogens with zero attached hydrogens (tertiary/aromatic N) is 1. The number of para-hydroxylation sites is 1. The summed E-state index contributed by atoms with van der Waals surface area (Å²) in [6, 6.07) is 5.52. The quantitative estimate of drug-likeness (QED) is 0.830. The van der Waals surface area contributed by atoms with Crippen LogP contribution in [0.15, 0.2) is 18.2 Å². The minimum atomic E-state index is -0.00157. The minimum Gasteiger partial charge on any atom is -0.495 e. The predicted octanol–water partition coefficient (Wildman–Crippen LogP) is 2.54. The lowest BCUT2D eigenvalue weighted by Gasteiger charge is -2.27. The Labute approximate surface area is 114 Å². The summed E-state index contributed by atoms with van der Waals surface area (Å²) in [6.45, 7) is 4.90. The van der Waals surface area contributed by atoms with Gasteiger partial charge in [0, 0.05) is 12.6 Å². The molecule has 0 spiro atoms. The summed E-state index contributed by atoms with van der Waals surface area (Å²) in [4.78, 5) is 14.5. The average molecular weight is 262 g/mol. The van der Waals surface area contributed by atoms with Crippen LogP contribution in [0, 0.1) is 5.92 Å². The highest BCUT2D eigenvalue weighted by molar-refractivity contribution is 6.00. The van der Waals surface area contributed by atoms with Crippen LogP contribution in [-0.4, -0.2) is 30.5 Å². The Kier molecular flexibility index (Phi) is 3.98. The van der Waals surface area contributed by atoms with Gasteiger partial charge in [0.25, 0.3) is 5.91 Å². The van der Waals surface area contributed by atoms with Gasteiger partial charge in [-0.1, -0.05) is 6.07 Å². The van der Waals surface area contributed by atoms with Crippen LogP contribution < -0.4 is 10.5 Å². The summed E-state index contributed by atoms with van der Waals surface area (Å²) in [7, 11) is 1.56. The van der Waals surface area contributed by atoms with E-state index in [0.29, 0.717) is 22.9 Å². The number of hydrogen-bond acceptors (Lipinski definition) is 3. The number of nitrogen functional groups attached to an aromatic ring is 1. The Balaban J connectivity index is 2.25. The third-order valence-corrected chi connectivity index (χ3v) is 3.55. The van der Waals surface area contributed by atoms with Crippen LogP contribution in [0.1, 0.15) is 37.0 Å². The molecule has 19 heavy (non-hydrogen) atoms. The highest BCUT2D eigenvalue weighted by atomic mass is 16.5. The Morgan fingerprint density at radius 2 is 2.16 bits per heavy atom. The fraction of sp³-hybridized carbons (Fsp3) is 0.533. The molecular weight excluding hydrogens is 240 g/mol. The van der Waals surface area contributed by atoms with Crippen LogP contribution in [-0.2, 0) is 0 Å². The van der Waals surface area contributed by atoms with Crippen molar-refractivity contribution in [3.8, 4) is 5.75 Å². The van der Waals surface area contributed by atoms with E-state index in [1.165, 1.54) is 12.8 Å². The fourth-order valence-corrected chi connectivity index (χ4v) is 2.17. The predicted molar refractivity (Wildman–Crippen MR) is 76.3 cm³/mol. The van der Waals surface area contributed by atoms with E-state index in [0.717, 1.165) is 6.54 Å². The van der Waals surface area contributed by atoms with Gasteiger partial charge in [-0.15, -0.1) is 0 Å². The number of anilines is 1. The van der Waals surface area contributed by atoms with Crippen LogP contribution in [0.2, 0.25) is 0 Å². The molecule has 4 nitrogen and oxygen atoms in total. The second kappa shape index (κ2) is 5.51. The third kappa shape index (κ3) is 3.00. The van der Waals surface area contributed by atoms with Crippen molar-refractivity contribution in [2.45, 2.75) is 32.7 Å². The summed E-state index contributed by atoms with van der Waals surface area (Å²) in [5.74, 6) is 1.22. The van der Waals surface area contributed by atoms with Crippen LogP contribution >= 0.6 is 0 Å². The number of hydrogen-bond donors (Lipinski definition) is 1. The van der Waals surface area contributed by atoms with E-state index in [1.807, 2.05) is 18.7 Å². The minimum absolute atomic E-state index is 0.00157. The van der Waals surface area contributed by atoms with Crippen molar-refractivity contribution in [1.82, 2.24) is 4.90 Å². The van der Waals surface area contributed by atoms with Crippen molar-refractivity contribution in [1.29, 1.82) is 0 Å². The van der Waals surface area contributed by atoms with Gasteiger partial charge in [0.15, 0.2) is 0 Å². The number of methoxy groups -OCH3 is 1. The van der Waals surface area contributed by atoms with Crippen LogP contribution in [0.3, 0.4) is 0 Å². The molecule has 0 atom stereocenters. The van der Waals surface area contributed by atoms with E-state index >= 15 is 0 Å². The molecule has 0 heterocycles. The Bertz CT molecular complexity index is 467. The van der Waals surface area contributed by atoms with E-state index in [-0.39, 0.29) is 11.9 Å². The number of carbonyl (C=O) groups excluding carboxylic acids is 1. The Morgan fingerprint density at radius 3 is 2.68 bits per heavy atom. The van der Waals surface area contributed by atoms with Gasteiger partial charge < -0.3 is 15.4 Å². The third-order valence-electron chi connectivity index (χ3n) is 3.55. The molecule has 0 radical (unpaired) electrons. The van der Waals surface area contributed by atoms with Crippen molar-refractivity contribution >= 4 is 11.6 Å². The maximum Gasteiger partial charge on any atom is 0.256 e. The lowest BCUT2D eigenvalue weighted by atomic mass is 10.1. The molecule has 4 heteroatoms. The molecule has 2 N–H and O–H groups in total. The molecule has 0 saturated heterocycles. The van der Waals surface area contributed by atoms with Crippen molar-refractivity contribution in [3.63, 3.8) is 0 Å². The first kappa shape index (κ1) is 13.7. The molecule has 0 unspecified atom stereocenters. The lowest BCUT2D eigenvalue weighted by Crippen LogP contribution is -2.38. The van der Waals surface area contributed by atoms with Gasteiger partial charge in [-0.05, 0) is 44.7 Å². The first-order valence-electron chi connectivity index (χ1n) is 6.78. The number of ether oxygens (including phenoxy) is 1. The topological polar surface area (TPSA) is 55.6 Å². The normalized spacial score (nSPS) is 14.5. The van der Waals surface area contributed by atoms with Crippen molar-refractivity contribution in [3.05, 3.63) is 23.8 Å². The molecule has 1 aliphatic rings. The number of benzene rings is 1. The maximum atomic E-state index is 12.6. The first-order valence-corrected chi connectivity index (χ1v) is 6.78. The van der Waals surface area contributed by atoms with E-state index in [9.17, 15) is 4.79 Å². The second-order valence-electron chi connectivity index (χ2n) is 5.42. The molecule has 1 fully saturated rings. The lowest BCUT2D eigenvalue weighted by molar-refractivity contribution is 0.0697. The Hall–Kier alpha value is -1.71. The van der Waals surface area contributed by atoms with Gasteiger partial charge in [0.2, 0.25) is 0 Å². The zero-order valence-electron chi connectivity index (χ0n) is 11.8. The molecule has 1 aromatic carbocycles. The van der Waals surface area contributed by atoms with Crippen LogP contribution in [0.5, 0.6) is 5.75 Å². The van der Waals surface area contributed by atoms with Crippen molar-refractivity contribution in [2.24, 2.45) is 5.92 Å². The number of carbonyl (C=O) groups is 1. The van der Waals surface area contributed by atoms with Crippen molar-refractivity contribution in [2.75, 3.05) is 19.4 Å². The molecule has 1 amide bonds. The highest BCUT2D eigenvalue weighted by Gasteiger charge is 2.29. The zero-order valence-corrected chi connectivity index (χ0v) is 11.8. The fourth-order valence-electron chi connectivity index (χ4n) is 2.17. The van der Waals surface area contributed by atoms with Gasteiger partial charge in [-0.25, -0.2) is 0 Å². The van der Waals surface area contributed by atoms with Gasteiger partial charge in [0.1, 0.15) is 5.75 Å². The smallest absolute Gasteiger partial charge is 0.256 e. The van der Waals surface area contributed by atoms with Gasteiger partial charge in [-0.3, -0.25) is 4.79 Å². The monoisotopic (exact) mass is 262 g/mol. The van der Waals surface area contributed by atoms with Crippen LogP contribution in [0.25, 0.3) is 0 Å². The molecule has 2 rings (SSSR count). The molecule has 0 bridgehead atoms. The number of rotatable bonds is 5. The average Bonchev–Trinajstić information content (AvgIpc) is 3.19. The number of nitrogens with two attached hydrogens (primary N) is 1. The molecule has 0 aromatic heterocycles. The van der Waals surface area contributed by atoms with Crippen LogP contribution in [0.4, 0.5) is 5.69 Å². The highest BCUT2D eigenvalue weighted by Crippen LogP contribution is 2.32. The summed E-state index contributed by atoms with van der Waals surface area (Å²) in [5, 5.41) is 0. The molecule has 104 valence electrons. The number of amides is 1. The molecule has 0 aliphatic heterocycles. The second-order valence-corrected chi connectivity index (χ2v) is 5.42. The standard InChI is InChI=1S/C15H22N2O2/c1-10(2)17(9-11-7-8-11)15(18)12-5-4-6-13(19-3)14(12)16/h4-6,10-11H,7-9,16H2,1-3H3. The molecule has 1 aliphatic carbocycles. The SMILES string of the molecule is COc1cccc(C(=O)N(CC2CC2)C(C)C)c1N. The Morgan fingerprint density at radius 1 is 1.47 bits per heavy atom. The van der Waals surface area contributed by atoms with E-state index < -0.39 is 0 Å². The molecule has 1 saturated carbocycles. The summed E-state index contributed by atoms with van der Waals surface area (Å²) in [5.41, 5.74) is 6.97. The molecule has 1 aromatic rings. The summed E-state index contributed by atoms with van der Waals surface area (Å²) in [6.07, 6.45) is 2.45. The first-order chi connectivity index (χ1) is 9.04. The maximum absolute atomic E-state index is 12.6. The van der Waals surface area contributed by atoms with E-state index in [1.54, 1.807) is 25.3 Å². The van der Waals surface area contributed by atoms with Gasteiger partial charge >= 0.3 is 0 Å². The summed E-state index contributed by atoms with van der Waals surface area (Å²) >= 11 is 0. The molecular formula is C15H22N2O2. The van der Waals surface area contributed by atoms with E-state index in [4.69, 9.17) is 10.5 Å². The zero-order chi connectivity index (χ0) is 14.0. The van der Waals surface area contributed by atoms with Gasteiger partial charge in [-0.2, -0.15) is 0 Å². The van der Waals surface area contributed by atoms with Crippen molar-refractivity contribution < 1.29 is 9.53 Å².